The molecule has 6 heterocycles. The second-order valence-corrected chi connectivity index (χ2v) is 34.6. The molecule has 0 saturated heterocycles. The van der Waals surface area contributed by atoms with Gasteiger partial charge >= 0.3 is 0 Å². The molecule has 0 fully saturated rings. The van der Waals surface area contributed by atoms with Gasteiger partial charge in [-0.15, -0.1) is 22.7 Å². The molecule has 0 atom stereocenters. The van der Waals surface area contributed by atoms with Gasteiger partial charge in [0.25, 0.3) is 13.4 Å². The minimum atomic E-state index is -0.310. The molecule has 124 heavy (non-hydrogen) atoms. The van der Waals surface area contributed by atoms with Crippen molar-refractivity contribution in [1.29, 1.82) is 0 Å². The Morgan fingerprint density at radius 3 is 0.871 bits per heavy atom. The van der Waals surface area contributed by atoms with Crippen molar-refractivity contribution in [2.45, 2.75) is 0 Å². The number of hydrogen-bond donors (Lipinski definition) is 0. The molecule has 21 aromatic rings. The summed E-state index contributed by atoms with van der Waals surface area (Å²) in [5, 5.41) is 4.90. The van der Waals surface area contributed by atoms with Gasteiger partial charge in [0.15, 0.2) is 0 Å². The van der Waals surface area contributed by atoms with E-state index in [9.17, 15) is 0 Å². The largest absolute Gasteiger partial charge is 0.311 e. The van der Waals surface area contributed by atoms with Gasteiger partial charge in [0.05, 0.1) is 34.1 Å². The molecule has 10 heteroatoms. The lowest BCUT2D eigenvalue weighted by Gasteiger charge is -2.48. The lowest BCUT2D eigenvalue weighted by atomic mass is 9.30. The van der Waals surface area contributed by atoms with Crippen molar-refractivity contribution in [2.75, 3.05) is 29.4 Å². The fourth-order valence-corrected chi connectivity index (χ4v) is 22.9. The molecule has 4 aliphatic rings. The Balaban J connectivity index is 0.820. The molecule has 0 bridgehead atoms. The van der Waals surface area contributed by atoms with E-state index in [1.807, 2.05) is 22.7 Å². The van der Waals surface area contributed by atoms with Gasteiger partial charge < -0.3 is 29.4 Å². The van der Waals surface area contributed by atoms with Crippen LogP contribution in [0.1, 0.15) is 0 Å². The molecule has 0 unspecified atom stereocenters. The number of nitrogens with zero attached hydrogens (tertiary/aromatic N) is 6. The number of benzene rings is 19. The van der Waals surface area contributed by atoms with Gasteiger partial charge in [-0.2, -0.15) is 0 Å². The highest BCUT2D eigenvalue weighted by Gasteiger charge is 2.50. The van der Waals surface area contributed by atoms with Crippen LogP contribution >= 0.6 is 22.7 Å². The number of rotatable bonds is 14. The Hall–Kier alpha value is -15.5. The monoisotopic (exact) mass is 1610 g/mol. The first kappa shape index (κ1) is 71.5. The van der Waals surface area contributed by atoms with Crippen LogP contribution in [0.2, 0.25) is 0 Å². The number of hydrogen-bond acceptors (Lipinski definition) is 8. The zero-order valence-corrected chi connectivity index (χ0v) is 69.0. The first-order valence-corrected chi connectivity index (χ1v) is 44.2. The fourth-order valence-electron chi connectivity index (χ4n) is 20.7. The van der Waals surface area contributed by atoms with Crippen LogP contribution in [0.15, 0.2) is 449 Å². The summed E-state index contributed by atoms with van der Waals surface area (Å²) in [6.45, 7) is -0.619. The van der Waals surface area contributed by atoms with E-state index in [0.29, 0.717) is 0 Å². The normalized spacial score (nSPS) is 12.7. The third kappa shape index (κ3) is 11.3. The van der Waals surface area contributed by atoms with Crippen molar-refractivity contribution in [3.8, 4) is 44.5 Å². The van der Waals surface area contributed by atoms with Gasteiger partial charge in [-0.1, -0.05) is 322 Å². The molecule has 578 valence electrons. The minimum absolute atomic E-state index is 0.310. The van der Waals surface area contributed by atoms with Gasteiger partial charge in [-0.3, -0.25) is 0 Å². The van der Waals surface area contributed by atoms with Gasteiger partial charge in [-0.25, -0.2) is 0 Å². The van der Waals surface area contributed by atoms with Crippen LogP contribution in [0.5, 0.6) is 0 Å². The van der Waals surface area contributed by atoms with Gasteiger partial charge in [0.1, 0.15) is 0 Å². The highest BCUT2D eigenvalue weighted by molar-refractivity contribution is 7.26. The van der Waals surface area contributed by atoms with Crippen LogP contribution in [0.3, 0.4) is 0 Å². The van der Waals surface area contributed by atoms with E-state index in [1.54, 1.807) is 0 Å². The second-order valence-electron chi connectivity index (χ2n) is 32.5. The van der Waals surface area contributed by atoms with Crippen molar-refractivity contribution in [1.82, 2.24) is 0 Å². The average Bonchev–Trinajstić information content (AvgIpc) is 0.771. The van der Waals surface area contributed by atoms with Crippen LogP contribution in [0.4, 0.5) is 102 Å². The summed E-state index contributed by atoms with van der Waals surface area (Å²) >= 11 is 3.72. The zero-order chi connectivity index (χ0) is 81.5. The Morgan fingerprint density at radius 1 is 0.202 bits per heavy atom. The Morgan fingerprint density at radius 2 is 0.500 bits per heavy atom. The Bertz CT molecular complexity index is 7220. The first-order valence-electron chi connectivity index (χ1n) is 42.6. The van der Waals surface area contributed by atoms with Crippen LogP contribution in [-0.4, -0.2) is 13.4 Å². The van der Waals surface area contributed by atoms with E-state index in [0.717, 1.165) is 147 Å². The SMILES string of the molecule is c1ccc(-c2cccc(-c3ccccc3)c2N2c3ccccc3B3c4cc5c(cc4N(c4ccccc4)c4cc(N(c6ccccc6)c6cccc7sc8ccccc8c67)cc2c43)N(c2ccccc2)c2cc(N(c3ccccc3)c3cccc4sc6ccccc6c34)cc3c2B5c2ccccc2N3c2c(-c3ccccc3)cccc2-c2ccccc2)cc1. The third-order valence-corrected chi connectivity index (χ3v) is 28.0. The smallest absolute Gasteiger partial charge is 0.252 e. The Kier molecular flexibility index (Phi) is 16.8. The zero-order valence-electron chi connectivity index (χ0n) is 67.4. The number of anilines is 18. The number of para-hydroxylation sites is 8. The molecule has 0 aliphatic carbocycles. The average molecular weight is 1610 g/mol. The first-order chi connectivity index (χ1) is 61.6. The van der Waals surface area contributed by atoms with Crippen molar-refractivity contribution >= 4 is 212 Å². The van der Waals surface area contributed by atoms with Gasteiger partial charge in [0, 0.05) is 131 Å². The van der Waals surface area contributed by atoms with Crippen molar-refractivity contribution in [2.24, 2.45) is 0 Å². The highest BCUT2D eigenvalue weighted by Crippen LogP contribution is 2.58. The van der Waals surface area contributed by atoms with Crippen molar-refractivity contribution < 1.29 is 0 Å². The van der Waals surface area contributed by atoms with E-state index in [4.69, 9.17) is 0 Å². The summed E-state index contributed by atoms with van der Waals surface area (Å²) in [4.78, 5) is 15.7. The molecular weight excluding hydrogens is 1540 g/mol. The summed E-state index contributed by atoms with van der Waals surface area (Å²) in [7, 11) is 0. The van der Waals surface area contributed by atoms with E-state index in [1.165, 1.54) is 73.1 Å². The lowest BCUT2D eigenvalue weighted by molar-refractivity contribution is 1.22. The maximum atomic E-state index is 2.68. The quantitative estimate of drug-likeness (QED) is 0.100. The summed E-state index contributed by atoms with van der Waals surface area (Å²) in [6.07, 6.45) is 0. The molecule has 2 aromatic heterocycles. The second kappa shape index (κ2) is 29.2. The molecule has 0 spiro atoms. The molecule has 0 radical (unpaired) electrons. The highest BCUT2D eigenvalue weighted by atomic mass is 32.1. The Labute approximate surface area is 729 Å². The maximum absolute atomic E-state index is 2.68. The lowest BCUT2D eigenvalue weighted by Crippen LogP contribution is -2.65. The summed E-state index contributed by atoms with van der Waals surface area (Å²) in [5.41, 5.74) is 35.7. The molecule has 0 saturated carbocycles. The predicted molar refractivity (Wildman–Crippen MR) is 531 cm³/mol. The molecule has 0 N–H and O–H groups in total. The molecule has 25 rings (SSSR count). The topological polar surface area (TPSA) is 19.4 Å². The minimum Gasteiger partial charge on any atom is -0.311 e. The predicted octanol–water partition coefficient (Wildman–Crippen LogP) is 28.2. The fraction of sp³-hybridized carbons (Fsp3) is 0. The third-order valence-electron chi connectivity index (χ3n) is 25.7. The van der Waals surface area contributed by atoms with Crippen molar-refractivity contribution in [3.05, 3.63) is 449 Å². The summed E-state index contributed by atoms with van der Waals surface area (Å²) in [6, 6.07) is 169. The number of thiophene rings is 2. The summed E-state index contributed by atoms with van der Waals surface area (Å²) < 4.78 is 4.97. The van der Waals surface area contributed by atoms with E-state index >= 15 is 0 Å². The van der Waals surface area contributed by atoms with Crippen LogP contribution < -0.4 is 62.2 Å². The molecule has 6 nitrogen and oxygen atoms in total. The molecule has 4 aliphatic heterocycles. The van der Waals surface area contributed by atoms with E-state index < -0.39 is 0 Å². The van der Waals surface area contributed by atoms with E-state index in [-0.39, 0.29) is 13.4 Å². The van der Waals surface area contributed by atoms with Crippen LogP contribution in [0.25, 0.3) is 84.9 Å². The van der Waals surface area contributed by atoms with Crippen molar-refractivity contribution in [3.63, 3.8) is 0 Å². The van der Waals surface area contributed by atoms with E-state index in [2.05, 4.69) is 478 Å². The maximum Gasteiger partial charge on any atom is 0.252 e. The molecule has 19 aromatic carbocycles. The molecule has 0 amide bonds. The summed E-state index contributed by atoms with van der Waals surface area (Å²) in [5.74, 6) is 0. The number of fused-ring (bicyclic) bond motifs is 14. The van der Waals surface area contributed by atoms with Gasteiger partial charge in [0.2, 0.25) is 0 Å². The van der Waals surface area contributed by atoms with Crippen LogP contribution in [-0.2, 0) is 0 Å². The standard InChI is InChI=1S/C114H74B2N6S2/c1-9-37-75(38-10-1)85-55-33-56-86(76-39-11-2-12-40-76)113(85)121-95-61-29-27-59-91(95)115-93-73-94-100(74-99(93)119(81-49-21-7-22-50-81)101-69-83(71-103(121)111(101)115)117(79-45-17-5-18-46-79)97-63-35-67-107-109(97)89-53-25-31-65-105(89)123-107)120(82-51-23-8-24-52-82)102-70-84(118(80-47-19-6-20-48-80)98-64-36-68-108-110(98)90-54-26-32-66-106(90)124-108)72-104-112(102)116(94)92-60-28-30-62-96(92)122(104)114-87(77-41-13-3-14-42-77)57-34-58-88(114)78-43-15-4-16-44-78/h1-74H. The van der Waals surface area contributed by atoms with Gasteiger partial charge in [-0.05, 0) is 182 Å². The molecular formula is C114H74B2N6S2. The van der Waals surface area contributed by atoms with Crippen LogP contribution in [0, 0.1) is 0 Å².